The topological polar surface area (TPSA) is 70.7 Å². The van der Waals surface area contributed by atoms with Crippen LogP contribution in [-0.2, 0) is 20.8 Å². The van der Waals surface area contributed by atoms with Crippen molar-refractivity contribution in [3.63, 3.8) is 0 Å². The Morgan fingerprint density at radius 1 is 1.14 bits per heavy atom. The van der Waals surface area contributed by atoms with E-state index in [9.17, 15) is 9.59 Å². The zero-order chi connectivity index (χ0) is 15.9. The van der Waals surface area contributed by atoms with Crippen molar-refractivity contribution >= 4 is 11.5 Å². The Kier molecular flexibility index (Phi) is 3.85. The van der Waals surface area contributed by atoms with Crippen LogP contribution in [0.2, 0.25) is 0 Å². The molecule has 0 fully saturated rings. The van der Waals surface area contributed by atoms with Crippen molar-refractivity contribution in [1.29, 1.82) is 0 Å². The Morgan fingerprint density at radius 2 is 1.86 bits per heavy atom. The summed E-state index contributed by atoms with van der Waals surface area (Å²) in [5.41, 5.74) is 0.855. The number of ketones is 1. The van der Waals surface area contributed by atoms with Gasteiger partial charge in [-0.2, -0.15) is 0 Å². The molecule has 0 N–H and O–H groups in total. The van der Waals surface area contributed by atoms with Crippen molar-refractivity contribution in [3.8, 4) is 0 Å². The summed E-state index contributed by atoms with van der Waals surface area (Å²) < 4.78 is 17.8. The Balaban J connectivity index is 2.31. The summed E-state index contributed by atoms with van der Waals surface area (Å²) in [6, 6.07) is 0. The number of carbonyl (C=O) groups excluding carboxylic acids is 1. The van der Waals surface area contributed by atoms with Crippen LogP contribution in [0.1, 0.15) is 50.0 Å². The number of ether oxygens (including phenoxy) is 2. The Hall–Kier alpha value is -1.98. The largest absolute Gasteiger partial charge is 0.490 e. The predicted molar refractivity (Wildman–Crippen MR) is 79.3 cm³/mol. The van der Waals surface area contributed by atoms with E-state index in [1.807, 2.05) is 6.92 Å². The van der Waals surface area contributed by atoms with Crippen LogP contribution in [0.15, 0.2) is 15.0 Å². The highest BCUT2D eigenvalue weighted by Gasteiger charge is 2.37. The van der Waals surface area contributed by atoms with E-state index in [4.69, 9.17) is 13.9 Å². The SMILES string of the molecule is COC1=C(OC)c2oc(=O)n3c2[C@H](CCCC3)C[C@H](C)C1=O. The van der Waals surface area contributed by atoms with Gasteiger partial charge < -0.3 is 13.9 Å². The van der Waals surface area contributed by atoms with Gasteiger partial charge in [0, 0.05) is 18.4 Å². The molecule has 1 aromatic heterocycles. The fourth-order valence-electron chi connectivity index (χ4n) is 3.57. The number of hydrogen-bond acceptors (Lipinski definition) is 5. The molecule has 0 aromatic carbocycles. The Labute approximate surface area is 128 Å². The van der Waals surface area contributed by atoms with E-state index in [0.717, 1.165) is 25.0 Å². The smallest absolute Gasteiger partial charge is 0.419 e. The zero-order valence-corrected chi connectivity index (χ0v) is 13.2. The van der Waals surface area contributed by atoms with E-state index >= 15 is 0 Å². The minimum atomic E-state index is -0.385. The van der Waals surface area contributed by atoms with Crippen LogP contribution in [0.5, 0.6) is 0 Å². The quantitative estimate of drug-likeness (QED) is 0.838. The molecule has 1 aliphatic heterocycles. The van der Waals surface area contributed by atoms with E-state index in [1.165, 1.54) is 14.2 Å². The second kappa shape index (κ2) is 5.66. The van der Waals surface area contributed by atoms with Crippen molar-refractivity contribution in [2.45, 2.75) is 45.1 Å². The summed E-state index contributed by atoms with van der Waals surface area (Å²) in [5.74, 6) is 0.179. The number of methoxy groups -OCH3 is 2. The Morgan fingerprint density at radius 3 is 2.55 bits per heavy atom. The maximum atomic E-state index is 12.6. The molecule has 6 nitrogen and oxygen atoms in total. The summed E-state index contributed by atoms with van der Waals surface area (Å²) >= 11 is 0. The molecule has 2 heterocycles. The molecular formula is C16H21NO5. The third-order valence-corrected chi connectivity index (χ3v) is 4.63. The lowest BCUT2D eigenvalue weighted by Gasteiger charge is -2.24. The van der Waals surface area contributed by atoms with Gasteiger partial charge in [-0.1, -0.05) is 13.3 Å². The monoisotopic (exact) mass is 307 g/mol. The molecule has 0 saturated carbocycles. The third-order valence-electron chi connectivity index (χ3n) is 4.63. The molecule has 0 spiro atoms. The molecule has 22 heavy (non-hydrogen) atoms. The lowest BCUT2D eigenvalue weighted by atomic mass is 9.84. The molecule has 3 rings (SSSR count). The molecule has 6 heteroatoms. The van der Waals surface area contributed by atoms with Crippen LogP contribution < -0.4 is 5.76 Å². The van der Waals surface area contributed by atoms with E-state index < -0.39 is 0 Å². The number of hydrogen-bond donors (Lipinski definition) is 0. The summed E-state index contributed by atoms with van der Waals surface area (Å²) in [4.78, 5) is 24.8. The van der Waals surface area contributed by atoms with Crippen LogP contribution in [0.25, 0.3) is 5.76 Å². The van der Waals surface area contributed by atoms with Crippen LogP contribution in [0.4, 0.5) is 0 Å². The number of rotatable bonds is 2. The zero-order valence-electron chi connectivity index (χ0n) is 13.2. The third kappa shape index (κ3) is 2.17. The first-order valence-corrected chi connectivity index (χ1v) is 7.68. The van der Waals surface area contributed by atoms with Gasteiger partial charge in [0.05, 0.1) is 19.9 Å². The standard InChI is InChI=1S/C16H21NO5/c1-9-8-10-6-4-5-7-17-11(10)13(22-16(17)19)15(21-3)14(20-2)12(9)18/h9-10H,4-8H2,1-3H3/t9-,10+/m0/s1. The second-order valence-electron chi connectivity index (χ2n) is 5.99. The first kappa shape index (κ1) is 14.9. The molecule has 1 aromatic rings. The maximum absolute atomic E-state index is 12.6. The lowest BCUT2D eigenvalue weighted by molar-refractivity contribution is -0.122. The van der Waals surface area contributed by atoms with E-state index in [1.54, 1.807) is 4.57 Å². The molecular weight excluding hydrogens is 286 g/mol. The molecule has 0 bridgehead atoms. The van der Waals surface area contributed by atoms with Gasteiger partial charge in [-0.05, 0) is 19.3 Å². The highest BCUT2D eigenvalue weighted by Crippen LogP contribution is 2.40. The van der Waals surface area contributed by atoms with Gasteiger partial charge in [0.15, 0.2) is 5.76 Å². The van der Waals surface area contributed by atoms with Gasteiger partial charge in [0.25, 0.3) is 0 Å². The van der Waals surface area contributed by atoms with Crippen molar-refractivity contribution in [1.82, 2.24) is 4.57 Å². The summed E-state index contributed by atoms with van der Waals surface area (Å²) in [6.07, 6.45) is 3.61. The summed E-state index contributed by atoms with van der Waals surface area (Å²) in [7, 11) is 2.90. The van der Waals surface area contributed by atoms with E-state index in [0.29, 0.717) is 18.7 Å². The second-order valence-corrected chi connectivity index (χ2v) is 5.99. The normalized spacial score (nSPS) is 25.1. The van der Waals surface area contributed by atoms with Gasteiger partial charge in [-0.15, -0.1) is 0 Å². The minimum absolute atomic E-state index is 0.107. The fraction of sp³-hybridized carbons (Fsp3) is 0.625. The average Bonchev–Trinajstić information content (AvgIpc) is 2.69. The highest BCUT2D eigenvalue weighted by molar-refractivity contribution is 6.01. The number of Topliss-reactive ketones (excluding diaryl/α,β-unsaturated/α-hetero) is 1. The number of carbonyl (C=O) groups is 1. The molecule has 0 radical (unpaired) electrons. The van der Waals surface area contributed by atoms with Gasteiger partial charge in [-0.25, -0.2) is 4.79 Å². The number of aromatic nitrogens is 1. The number of oxazole rings is 1. The van der Waals surface area contributed by atoms with Crippen molar-refractivity contribution in [3.05, 3.63) is 27.8 Å². The summed E-state index contributed by atoms with van der Waals surface area (Å²) in [6.45, 7) is 2.54. The van der Waals surface area contributed by atoms with Gasteiger partial charge in [0.1, 0.15) is 0 Å². The lowest BCUT2D eigenvalue weighted by Crippen LogP contribution is -2.24. The molecule has 120 valence electrons. The van der Waals surface area contributed by atoms with Crippen LogP contribution >= 0.6 is 0 Å². The predicted octanol–water partition coefficient (Wildman–Crippen LogP) is 2.28. The molecule has 0 unspecified atom stereocenters. The van der Waals surface area contributed by atoms with Crippen LogP contribution in [0, 0.1) is 5.92 Å². The maximum Gasteiger partial charge on any atom is 0.419 e. The minimum Gasteiger partial charge on any atom is -0.490 e. The van der Waals surface area contributed by atoms with Crippen LogP contribution in [-0.4, -0.2) is 24.6 Å². The van der Waals surface area contributed by atoms with E-state index in [2.05, 4.69) is 0 Å². The average molecular weight is 307 g/mol. The van der Waals surface area contributed by atoms with E-state index in [-0.39, 0.29) is 34.9 Å². The number of nitrogens with zero attached hydrogens (tertiary/aromatic N) is 1. The molecule has 1 aliphatic carbocycles. The first-order valence-electron chi connectivity index (χ1n) is 7.68. The van der Waals surface area contributed by atoms with Gasteiger partial charge in [0.2, 0.25) is 17.3 Å². The highest BCUT2D eigenvalue weighted by atomic mass is 16.5. The van der Waals surface area contributed by atoms with Crippen molar-refractivity contribution in [2.24, 2.45) is 5.92 Å². The molecule has 0 saturated heterocycles. The molecule has 2 aliphatic rings. The Bertz CT molecular complexity index is 681. The molecule has 0 amide bonds. The van der Waals surface area contributed by atoms with Crippen molar-refractivity contribution < 1.29 is 18.7 Å². The number of allylic oxidation sites excluding steroid dienone is 1. The van der Waals surface area contributed by atoms with Gasteiger partial charge in [-0.3, -0.25) is 9.36 Å². The fourth-order valence-corrected chi connectivity index (χ4v) is 3.57. The van der Waals surface area contributed by atoms with Gasteiger partial charge >= 0.3 is 5.76 Å². The molecule has 2 atom stereocenters. The van der Waals surface area contributed by atoms with Crippen LogP contribution in [0.3, 0.4) is 0 Å². The van der Waals surface area contributed by atoms with Crippen molar-refractivity contribution in [2.75, 3.05) is 14.2 Å². The summed E-state index contributed by atoms with van der Waals surface area (Å²) in [5, 5.41) is 0. The first-order chi connectivity index (χ1) is 10.6.